The van der Waals surface area contributed by atoms with Gasteiger partial charge in [-0.15, -0.1) is 0 Å². The zero-order valence-corrected chi connectivity index (χ0v) is 19.4. The Balaban J connectivity index is 1.58. The van der Waals surface area contributed by atoms with Crippen molar-refractivity contribution in [1.82, 2.24) is 10.2 Å². The van der Waals surface area contributed by atoms with Gasteiger partial charge in [0.1, 0.15) is 17.5 Å². The third kappa shape index (κ3) is 6.21. The highest BCUT2D eigenvalue weighted by Gasteiger charge is 2.32. The van der Waals surface area contributed by atoms with Crippen LogP contribution in [0.3, 0.4) is 0 Å². The molecule has 0 saturated carbocycles. The Hall–Kier alpha value is -3.17. The van der Waals surface area contributed by atoms with Gasteiger partial charge in [-0.05, 0) is 58.2 Å². The van der Waals surface area contributed by atoms with Crippen LogP contribution in [0.1, 0.15) is 46.5 Å². The average molecular weight is 463 g/mol. The standard InChI is InChI=1S/C23H31FN4O5/c1-23(2,3)33-22(32)28-11-9-14(10-12-28)21(31)27(4)18-7-5-15(13-16(18)24)25-17-6-8-19(29)26-20(17)30/h5,7,13-14,17,25H,6,8-12H2,1-4H3,(H,26,29,30). The van der Waals surface area contributed by atoms with Crippen LogP contribution in [-0.4, -0.2) is 60.5 Å². The highest BCUT2D eigenvalue weighted by atomic mass is 19.1. The van der Waals surface area contributed by atoms with Gasteiger partial charge in [0.2, 0.25) is 17.7 Å². The number of benzene rings is 1. The number of amides is 4. The van der Waals surface area contributed by atoms with Crippen LogP contribution in [0.5, 0.6) is 0 Å². The van der Waals surface area contributed by atoms with Crippen molar-refractivity contribution in [3.8, 4) is 0 Å². The second kappa shape index (κ2) is 9.76. The number of likely N-dealkylation sites (tertiary alicyclic amines) is 1. The highest BCUT2D eigenvalue weighted by Crippen LogP contribution is 2.27. The van der Waals surface area contributed by atoms with E-state index >= 15 is 0 Å². The number of nitrogens with one attached hydrogen (secondary N) is 2. The topological polar surface area (TPSA) is 108 Å². The first-order valence-electron chi connectivity index (χ1n) is 11.1. The summed E-state index contributed by atoms with van der Waals surface area (Å²) in [6, 6.07) is 3.69. The van der Waals surface area contributed by atoms with E-state index in [4.69, 9.17) is 4.74 Å². The number of carbonyl (C=O) groups is 4. The fourth-order valence-electron chi connectivity index (χ4n) is 3.93. The number of rotatable bonds is 4. The monoisotopic (exact) mass is 462 g/mol. The molecule has 4 amide bonds. The number of hydrogen-bond donors (Lipinski definition) is 2. The zero-order chi connectivity index (χ0) is 24.3. The molecule has 2 N–H and O–H groups in total. The molecule has 2 heterocycles. The number of imide groups is 1. The Labute approximate surface area is 192 Å². The number of piperidine rings is 2. The van der Waals surface area contributed by atoms with Crippen molar-refractivity contribution >= 4 is 35.2 Å². The Kier molecular flexibility index (Phi) is 7.24. The van der Waals surface area contributed by atoms with E-state index in [9.17, 15) is 23.6 Å². The summed E-state index contributed by atoms with van der Waals surface area (Å²) in [5.41, 5.74) is -0.0681. The summed E-state index contributed by atoms with van der Waals surface area (Å²) in [6.07, 6.45) is 1.09. The molecule has 10 heteroatoms. The molecule has 1 aromatic carbocycles. The quantitative estimate of drug-likeness (QED) is 0.666. The molecule has 0 radical (unpaired) electrons. The van der Waals surface area contributed by atoms with Crippen LogP contribution >= 0.6 is 0 Å². The van der Waals surface area contributed by atoms with E-state index in [-0.39, 0.29) is 29.8 Å². The lowest BCUT2D eigenvalue weighted by Gasteiger charge is -2.34. The van der Waals surface area contributed by atoms with Crippen LogP contribution in [0.4, 0.5) is 20.6 Å². The molecule has 1 aromatic rings. The summed E-state index contributed by atoms with van der Waals surface area (Å²) in [7, 11) is 1.52. The maximum absolute atomic E-state index is 14.8. The number of anilines is 2. The molecule has 0 spiro atoms. The van der Waals surface area contributed by atoms with Gasteiger partial charge < -0.3 is 19.9 Å². The third-order valence-electron chi connectivity index (χ3n) is 5.72. The fraction of sp³-hybridized carbons (Fsp3) is 0.565. The Morgan fingerprint density at radius 2 is 1.85 bits per heavy atom. The minimum absolute atomic E-state index is 0.128. The lowest BCUT2D eigenvalue weighted by molar-refractivity contribution is -0.133. The molecule has 1 unspecified atom stereocenters. The number of halogens is 1. The van der Waals surface area contributed by atoms with Gasteiger partial charge >= 0.3 is 6.09 Å². The maximum atomic E-state index is 14.8. The van der Waals surface area contributed by atoms with Crippen molar-refractivity contribution in [3.63, 3.8) is 0 Å². The molecule has 0 aliphatic carbocycles. The second-order valence-corrected chi connectivity index (χ2v) is 9.45. The lowest BCUT2D eigenvalue weighted by atomic mass is 9.95. The molecule has 1 atom stereocenters. The van der Waals surface area contributed by atoms with Crippen LogP contribution in [-0.2, 0) is 19.1 Å². The van der Waals surface area contributed by atoms with Crippen molar-refractivity contribution in [2.24, 2.45) is 5.92 Å². The Bertz CT molecular complexity index is 937. The van der Waals surface area contributed by atoms with E-state index < -0.39 is 29.5 Å². The minimum atomic E-state index is -0.623. The summed E-state index contributed by atoms with van der Waals surface area (Å²) in [6.45, 7) is 6.20. The largest absolute Gasteiger partial charge is 0.444 e. The first-order chi connectivity index (χ1) is 15.4. The Morgan fingerprint density at radius 1 is 1.18 bits per heavy atom. The molecular weight excluding hydrogens is 431 g/mol. The van der Waals surface area contributed by atoms with Crippen molar-refractivity contribution in [3.05, 3.63) is 24.0 Å². The van der Waals surface area contributed by atoms with Crippen molar-refractivity contribution in [1.29, 1.82) is 0 Å². The normalized spacial score (nSPS) is 19.7. The van der Waals surface area contributed by atoms with Gasteiger partial charge in [-0.1, -0.05) is 0 Å². The van der Waals surface area contributed by atoms with E-state index in [1.165, 1.54) is 24.1 Å². The third-order valence-corrected chi connectivity index (χ3v) is 5.72. The number of carbonyl (C=O) groups excluding carboxylic acids is 4. The van der Waals surface area contributed by atoms with Gasteiger partial charge in [0.05, 0.1) is 5.69 Å². The molecule has 180 valence electrons. The molecule has 0 bridgehead atoms. The predicted molar refractivity (Wildman–Crippen MR) is 120 cm³/mol. The predicted octanol–water partition coefficient (Wildman–Crippen LogP) is 2.65. The van der Waals surface area contributed by atoms with Crippen LogP contribution in [0.15, 0.2) is 18.2 Å². The molecule has 2 aliphatic rings. The molecule has 9 nitrogen and oxygen atoms in total. The molecule has 2 aliphatic heterocycles. The van der Waals surface area contributed by atoms with Crippen molar-refractivity contribution in [2.45, 2.75) is 58.1 Å². The van der Waals surface area contributed by atoms with Crippen LogP contribution < -0.4 is 15.5 Å². The minimum Gasteiger partial charge on any atom is -0.444 e. The molecule has 2 saturated heterocycles. The summed E-state index contributed by atoms with van der Waals surface area (Å²) in [5.74, 6) is -1.91. The fourth-order valence-corrected chi connectivity index (χ4v) is 3.93. The average Bonchev–Trinajstić information content (AvgIpc) is 2.74. The van der Waals surface area contributed by atoms with E-state index in [0.29, 0.717) is 38.0 Å². The summed E-state index contributed by atoms with van der Waals surface area (Å²) in [4.78, 5) is 51.2. The molecular formula is C23H31FN4O5. The zero-order valence-electron chi connectivity index (χ0n) is 19.4. The molecule has 2 fully saturated rings. The van der Waals surface area contributed by atoms with Gasteiger partial charge in [-0.2, -0.15) is 0 Å². The van der Waals surface area contributed by atoms with Gasteiger partial charge in [0.15, 0.2) is 0 Å². The van der Waals surface area contributed by atoms with Gasteiger partial charge in [0, 0.05) is 38.2 Å². The Morgan fingerprint density at radius 3 is 2.42 bits per heavy atom. The van der Waals surface area contributed by atoms with Crippen LogP contribution in [0.2, 0.25) is 0 Å². The molecule has 3 rings (SSSR count). The highest BCUT2D eigenvalue weighted by molar-refractivity contribution is 6.01. The summed E-state index contributed by atoms with van der Waals surface area (Å²) >= 11 is 0. The van der Waals surface area contributed by atoms with Crippen LogP contribution in [0.25, 0.3) is 0 Å². The number of ether oxygens (including phenoxy) is 1. The first-order valence-corrected chi connectivity index (χ1v) is 11.1. The van der Waals surface area contributed by atoms with E-state index in [1.807, 2.05) is 0 Å². The van der Waals surface area contributed by atoms with Crippen molar-refractivity contribution in [2.75, 3.05) is 30.4 Å². The molecule has 0 aromatic heterocycles. The smallest absolute Gasteiger partial charge is 0.410 e. The lowest BCUT2D eigenvalue weighted by Crippen LogP contribution is -2.47. The van der Waals surface area contributed by atoms with Gasteiger partial charge in [-0.25, -0.2) is 9.18 Å². The van der Waals surface area contributed by atoms with E-state index in [2.05, 4.69) is 10.6 Å². The molecule has 33 heavy (non-hydrogen) atoms. The first kappa shape index (κ1) is 24.5. The van der Waals surface area contributed by atoms with E-state index in [0.717, 1.165) is 0 Å². The van der Waals surface area contributed by atoms with Gasteiger partial charge in [0.25, 0.3) is 0 Å². The summed E-state index contributed by atoms with van der Waals surface area (Å²) < 4.78 is 20.2. The SMILES string of the molecule is CN(C(=O)C1CCN(C(=O)OC(C)(C)C)CC1)c1ccc(NC2CCC(=O)NC2=O)cc1F. The maximum Gasteiger partial charge on any atom is 0.410 e. The van der Waals surface area contributed by atoms with Crippen molar-refractivity contribution < 1.29 is 28.3 Å². The summed E-state index contributed by atoms with van der Waals surface area (Å²) in [5, 5.41) is 5.17. The van der Waals surface area contributed by atoms with Gasteiger partial charge in [-0.3, -0.25) is 19.7 Å². The van der Waals surface area contributed by atoms with E-state index in [1.54, 1.807) is 31.7 Å². The van der Waals surface area contributed by atoms with Crippen LogP contribution in [0, 0.1) is 11.7 Å². The number of nitrogens with zero attached hydrogens (tertiary/aromatic N) is 2. The second-order valence-electron chi connectivity index (χ2n) is 9.45. The number of hydrogen-bond acceptors (Lipinski definition) is 6.